The zero-order valence-corrected chi connectivity index (χ0v) is 9.53. The molecule has 2 heterocycles. The van der Waals surface area contributed by atoms with E-state index in [0.717, 1.165) is 15.3 Å². The Kier molecular flexibility index (Phi) is 2.23. The molecule has 1 aromatic carbocycles. The van der Waals surface area contributed by atoms with E-state index in [9.17, 15) is 0 Å². The number of hydrogen-bond donors (Lipinski definition) is 1. The second-order valence-corrected chi connectivity index (χ2v) is 4.53. The number of hydrazine groups is 1. The van der Waals surface area contributed by atoms with Crippen LogP contribution in [0.5, 0.6) is 0 Å². The highest BCUT2D eigenvalue weighted by molar-refractivity contribution is 7.22. The Hall–Kier alpha value is -1.66. The van der Waals surface area contributed by atoms with Crippen molar-refractivity contribution in [1.82, 2.24) is 10.4 Å². The highest BCUT2D eigenvalue weighted by atomic mass is 35.5. The van der Waals surface area contributed by atoms with Crippen LogP contribution < -0.4 is 10.4 Å². The normalized spacial score (nSPS) is 14.4. The Morgan fingerprint density at radius 3 is 3.06 bits per heavy atom. The van der Waals surface area contributed by atoms with Gasteiger partial charge in [-0.1, -0.05) is 22.9 Å². The van der Waals surface area contributed by atoms with Gasteiger partial charge in [0.1, 0.15) is 12.7 Å². The molecule has 0 amide bonds. The van der Waals surface area contributed by atoms with E-state index in [1.165, 1.54) is 17.7 Å². The number of fused-ring (bicyclic) bond motifs is 1. The quantitative estimate of drug-likeness (QED) is 0.846. The molecule has 7 heteroatoms. The van der Waals surface area contributed by atoms with Crippen LogP contribution in [0, 0.1) is 0 Å². The molecule has 0 saturated heterocycles. The van der Waals surface area contributed by atoms with Crippen LogP contribution in [0.1, 0.15) is 0 Å². The second kappa shape index (κ2) is 3.73. The molecule has 0 saturated carbocycles. The van der Waals surface area contributed by atoms with E-state index in [2.05, 4.69) is 20.6 Å². The van der Waals surface area contributed by atoms with Gasteiger partial charge < -0.3 is 0 Å². The summed E-state index contributed by atoms with van der Waals surface area (Å²) < 4.78 is 1.04. The van der Waals surface area contributed by atoms with Gasteiger partial charge in [-0.25, -0.2) is 9.99 Å². The summed E-state index contributed by atoms with van der Waals surface area (Å²) in [6.07, 6.45) is 3.07. The lowest BCUT2D eigenvalue weighted by molar-refractivity contribution is 0.948. The number of anilines is 1. The number of thiazole rings is 1. The van der Waals surface area contributed by atoms with E-state index in [1.807, 2.05) is 18.2 Å². The van der Waals surface area contributed by atoms with E-state index in [4.69, 9.17) is 11.6 Å². The van der Waals surface area contributed by atoms with E-state index in [1.54, 1.807) is 11.3 Å². The molecule has 1 aromatic heterocycles. The van der Waals surface area contributed by atoms with Gasteiger partial charge in [0.05, 0.1) is 10.2 Å². The van der Waals surface area contributed by atoms with Crippen LogP contribution in [-0.4, -0.2) is 17.7 Å². The first-order chi connectivity index (χ1) is 7.83. The fourth-order valence-electron chi connectivity index (χ4n) is 1.33. The summed E-state index contributed by atoms with van der Waals surface area (Å²) >= 11 is 7.45. The lowest BCUT2D eigenvalue weighted by atomic mass is 10.3. The van der Waals surface area contributed by atoms with Gasteiger partial charge in [0.25, 0.3) is 0 Å². The molecule has 1 N–H and O–H groups in total. The first-order valence-corrected chi connectivity index (χ1v) is 5.69. The fourth-order valence-corrected chi connectivity index (χ4v) is 2.51. The SMILES string of the molecule is Clc1ccc2nc(N3C=NN=CN3)sc2c1. The lowest BCUT2D eigenvalue weighted by Gasteiger charge is -2.15. The maximum Gasteiger partial charge on any atom is 0.211 e. The average molecular weight is 252 g/mol. The number of nitrogens with one attached hydrogen (secondary N) is 1. The minimum absolute atomic E-state index is 0.713. The molecular weight excluding hydrogens is 246 g/mol. The van der Waals surface area contributed by atoms with Crippen LogP contribution in [0.4, 0.5) is 5.13 Å². The molecule has 0 aliphatic carbocycles. The van der Waals surface area contributed by atoms with E-state index in [0.29, 0.717) is 5.02 Å². The molecule has 0 bridgehead atoms. The molecule has 0 atom stereocenters. The van der Waals surface area contributed by atoms with E-state index < -0.39 is 0 Å². The van der Waals surface area contributed by atoms with Gasteiger partial charge in [-0.15, -0.1) is 10.2 Å². The smallest absolute Gasteiger partial charge is 0.211 e. The van der Waals surface area contributed by atoms with Crippen LogP contribution in [-0.2, 0) is 0 Å². The maximum absolute atomic E-state index is 5.92. The van der Waals surface area contributed by atoms with E-state index >= 15 is 0 Å². The van der Waals surface area contributed by atoms with Gasteiger partial charge in [0.2, 0.25) is 5.13 Å². The van der Waals surface area contributed by atoms with Gasteiger partial charge in [0.15, 0.2) is 0 Å². The van der Waals surface area contributed by atoms with Gasteiger partial charge in [0, 0.05) is 5.02 Å². The molecule has 0 unspecified atom stereocenters. The van der Waals surface area contributed by atoms with Gasteiger partial charge in [-0.2, -0.15) is 0 Å². The Morgan fingerprint density at radius 1 is 1.31 bits per heavy atom. The molecule has 0 spiro atoms. The summed E-state index contributed by atoms with van der Waals surface area (Å²) in [6, 6.07) is 5.62. The minimum atomic E-state index is 0.713. The van der Waals surface area contributed by atoms with Gasteiger partial charge >= 0.3 is 0 Å². The Balaban J connectivity index is 2.05. The highest BCUT2D eigenvalue weighted by Crippen LogP contribution is 2.29. The monoisotopic (exact) mass is 251 g/mol. The minimum Gasteiger partial charge on any atom is -0.279 e. The molecule has 0 radical (unpaired) electrons. The molecule has 1 aliphatic heterocycles. The molecule has 1 aliphatic rings. The van der Waals surface area contributed by atoms with Crippen LogP contribution in [0.15, 0.2) is 28.4 Å². The molecule has 3 rings (SSSR count). The molecule has 5 nitrogen and oxygen atoms in total. The van der Waals surface area contributed by atoms with Crippen LogP contribution >= 0.6 is 22.9 Å². The Morgan fingerprint density at radius 2 is 2.25 bits per heavy atom. The van der Waals surface area contributed by atoms with Gasteiger partial charge in [-0.3, -0.25) is 5.43 Å². The molecule has 16 heavy (non-hydrogen) atoms. The van der Waals surface area contributed by atoms with Crippen molar-refractivity contribution in [1.29, 1.82) is 0 Å². The largest absolute Gasteiger partial charge is 0.279 e. The highest BCUT2D eigenvalue weighted by Gasteiger charge is 2.11. The van der Waals surface area contributed by atoms with Crippen LogP contribution in [0.3, 0.4) is 0 Å². The number of rotatable bonds is 1. The maximum atomic E-state index is 5.92. The third kappa shape index (κ3) is 1.62. The topological polar surface area (TPSA) is 52.9 Å². The summed E-state index contributed by atoms with van der Waals surface area (Å²) in [6.45, 7) is 0. The van der Waals surface area contributed by atoms with Crippen molar-refractivity contribution >= 4 is 51.0 Å². The van der Waals surface area contributed by atoms with Crippen molar-refractivity contribution < 1.29 is 0 Å². The van der Waals surface area contributed by atoms with Crippen LogP contribution in [0.2, 0.25) is 5.02 Å². The number of halogens is 1. The summed E-state index contributed by atoms with van der Waals surface area (Å²) in [5.41, 5.74) is 3.84. The Labute approximate surface area is 100 Å². The van der Waals surface area contributed by atoms with Gasteiger partial charge in [-0.05, 0) is 18.2 Å². The first kappa shape index (κ1) is 9.56. The molecule has 80 valence electrons. The third-order valence-corrected chi connectivity index (χ3v) is 3.29. The number of benzene rings is 1. The zero-order valence-electron chi connectivity index (χ0n) is 7.96. The zero-order chi connectivity index (χ0) is 11.0. The summed E-state index contributed by atoms with van der Waals surface area (Å²) in [7, 11) is 0. The second-order valence-electron chi connectivity index (χ2n) is 3.08. The summed E-state index contributed by atoms with van der Waals surface area (Å²) in [5, 5.41) is 10.7. The molecular formula is C9H6ClN5S. The third-order valence-electron chi connectivity index (χ3n) is 2.03. The van der Waals surface area contributed by atoms with Crippen molar-refractivity contribution in [2.24, 2.45) is 10.2 Å². The number of hydrogen-bond acceptors (Lipinski definition) is 6. The van der Waals surface area contributed by atoms with Crippen molar-refractivity contribution in [2.75, 3.05) is 5.01 Å². The number of aromatic nitrogens is 1. The van der Waals surface area contributed by atoms with Crippen LogP contribution in [0.25, 0.3) is 10.2 Å². The summed E-state index contributed by atoms with van der Waals surface area (Å²) in [5.74, 6) is 0. The standard InChI is InChI=1S/C9H6ClN5S/c10-6-1-2-7-8(3-6)16-9(14-7)15-5-12-11-4-13-15/h1-5H,(H,11,13). The average Bonchev–Trinajstić information content (AvgIpc) is 2.73. The van der Waals surface area contributed by atoms with E-state index in [-0.39, 0.29) is 0 Å². The Bertz CT molecular complexity index is 591. The number of nitrogens with zero attached hydrogens (tertiary/aromatic N) is 4. The predicted molar refractivity (Wildman–Crippen MR) is 67.2 cm³/mol. The lowest BCUT2D eigenvalue weighted by Crippen LogP contribution is -2.37. The molecule has 2 aromatic rings. The first-order valence-electron chi connectivity index (χ1n) is 4.49. The van der Waals surface area contributed by atoms with Crippen molar-refractivity contribution in [3.8, 4) is 0 Å². The van der Waals surface area contributed by atoms with Crippen molar-refractivity contribution in [3.63, 3.8) is 0 Å². The van der Waals surface area contributed by atoms with Crippen molar-refractivity contribution in [2.45, 2.75) is 0 Å². The molecule has 0 fully saturated rings. The fraction of sp³-hybridized carbons (Fsp3) is 0. The summed E-state index contributed by atoms with van der Waals surface area (Å²) in [4.78, 5) is 4.45. The predicted octanol–water partition coefficient (Wildman–Crippen LogP) is 2.25. The van der Waals surface area contributed by atoms with Crippen molar-refractivity contribution in [3.05, 3.63) is 23.2 Å².